The van der Waals surface area contributed by atoms with E-state index in [1.165, 1.54) is 34.9 Å². The van der Waals surface area contributed by atoms with Crippen molar-refractivity contribution in [2.75, 3.05) is 11.9 Å². The lowest BCUT2D eigenvalue weighted by molar-refractivity contribution is -0.122. The molecule has 8 heteroatoms. The second-order valence-corrected chi connectivity index (χ2v) is 8.67. The average Bonchev–Trinajstić information content (AvgIpc) is 2.94. The van der Waals surface area contributed by atoms with Crippen molar-refractivity contribution in [1.29, 1.82) is 0 Å². The van der Waals surface area contributed by atoms with Crippen LogP contribution in [0.4, 0.5) is 5.69 Å². The summed E-state index contributed by atoms with van der Waals surface area (Å²) in [6, 6.07) is 12.3. The minimum absolute atomic E-state index is 0.0547. The Morgan fingerprint density at radius 2 is 2.00 bits per heavy atom. The Balaban J connectivity index is 1.54. The first-order valence-corrected chi connectivity index (χ1v) is 10.5. The maximum absolute atomic E-state index is 12.6. The van der Waals surface area contributed by atoms with E-state index in [9.17, 15) is 14.7 Å². The molecular formula is C21H19ClN2O3S2. The highest BCUT2D eigenvalue weighted by Crippen LogP contribution is 2.33. The summed E-state index contributed by atoms with van der Waals surface area (Å²) in [6.07, 6.45) is 2.45. The normalized spacial score (nSPS) is 15.2. The van der Waals surface area contributed by atoms with Gasteiger partial charge in [0.05, 0.1) is 10.6 Å². The molecule has 1 fully saturated rings. The summed E-state index contributed by atoms with van der Waals surface area (Å²) in [7, 11) is 0. The number of anilines is 1. The standard InChI is InChI=1S/C21H19ClN2O3S2/c1-13-4-6-14(7-5-13)11-18-20(27)24(21(28)29-18)10-2-3-19(26)23-16-12-15(22)8-9-17(16)25/h4-9,11-12,25H,2-3,10H2,1H3,(H,23,26)/b18-11-. The number of benzene rings is 2. The third-order valence-electron chi connectivity index (χ3n) is 4.27. The molecule has 2 amide bonds. The Bertz CT molecular complexity index is 990. The number of carbonyl (C=O) groups is 2. The molecule has 150 valence electrons. The van der Waals surface area contributed by atoms with Crippen LogP contribution in [-0.2, 0) is 9.59 Å². The molecule has 0 spiro atoms. The molecule has 0 unspecified atom stereocenters. The molecule has 29 heavy (non-hydrogen) atoms. The number of hydrogen-bond donors (Lipinski definition) is 2. The van der Waals surface area contributed by atoms with E-state index in [2.05, 4.69) is 5.32 Å². The van der Waals surface area contributed by atoms with Gasteiger partial charge in [-0.2, -0.15) is 0 Å². The number of amides is 2. The number of nitrogens with one attached hydrogen (secondary N) is 1. The van der Waals surface area contributed by atoms with E-state index in [0.717, 1.165) is 11.1 Å². The summed E-state index contributed by atoms with van der Waals surface area (Å²) in [4.78, 5) is 26.9. The molecule has 0 aliphatic carbocycles. The highest BCUT2D eigenvalue weighted by Gasteiger charge is 2.31. The fourth-order valence-electron chi connectivity index (χ4n) is 2.73. The van der Waals surface area contributed by atoms with Crippen molar-refractivity contribution in [3.8, 4) is 5.75 Å². The Labute approximate surface area is 183 Å². The molecule has 0 aromatic heterocycles. The van der Waals surface area contributed by atoms with E-state index in [1.54, 1.807) is 0 Å². The fourth-order valence-corrected chi connectivity index (χ4v) is 4.21. The molecule has 1 aliphatic rings. The van der Waals surface area contributed by atoms with Crippen molar-refractivity contribution in [3.05, 3.63) is 63.5 Å². The molecule has 0 saturated carbocycles. The number of thiocarbonyl (C=S) groups is 1. The molecule has 2 N–H and O–H groups in total. The number of nitrogens with zero attached hydrogens (tertiary/aromatic N) is 1. The van der Waals surface area contributed by atoms with Crippen molar-refractivity contribution in [1.82, 2.24) is 4.90 Å². The topological polar surface area (TPSA) is 69.6 Å². The summed E-state index contributed by atoms with van der Waals surface area (Å²) in [5, 5.41) is 12.8. The number of aryl methyl sites for hydroxylation is 1. The van der Waals surface area contributed by atoms with Gasteiger partial charge >= 0.3 is 0 Å². The van der Waals surface area contributed by atoms with Crippen LogP contribution >= 0.6 is 35.6 Å². The molecule has 0 radical (unpaired) electrons. The van der Waals surface area contributed by atoms with Gasteiger partial charge in [0, 0.05) is 18.0 Å². The number of phenolic OH excluding ortho intramolecular Hbond substituents is 1. The molecule has 5 nitrogen and oxygen atoms in total. The Morgan fingerprint density at radius 1 is 1.28 bits per heavy atom. The maximum atomic E-state index is 12.6. The summed E-state index contributed by atoms with van der Waals surface area (Å²) >= 11 is 12.5. The second-order valence-electron chi connectivity index (χ2n) is 6.56. The Morgan fingerprint density at radius 3 is 2.72 bits per heavy atom. The second kappa shape index (κ2) is 9.43. The van der Waals surface area contributed by atoms with E-state index in [0.29, 0.717) is 27.2 Å². The van der Waals surface area contributed by atoms with Gasteiger partial charge in [-0.3, -0.25) is 14.5 Å². The highest BCUT2D eigenvalue weighted by molar-refractivity contribution is 8.26. The van der Waals surface area contributed by atoms with Crippen LogP contribution in [0, 0.1) is 6.92 Å². The molecule has 1 aliphatic heterocycles. The monoisotopic (exact) mass is 446 g/mol. The molecule has 1 heterocycles. The van der Waals surface area contributed by atoms with Crippen LogP contribution in [0.3, 0.4) is 0 Å². The third kappa shape index (κ3) is 5.59. The lowest BCUT2D eigenvalue weighted by Gasteiger charge is -2.14. The number of phenols is 1. The van der Waals surface area contributed by atoms with E-state index in [1.807, 2.05) is 37.3 Å². The van der Waals surface area contributed by atoms with Gasteiger partial charge in [0.15, 0.2) is 0 Å². The lowest BCUT2D eigenvalue weighted by Crippen LogP contribution is -2.29. The third-order valence-corrected chi connectivity index (χ3v) is 5.88. The molecule has 2 aromatic rings. The average molecular weight is 447 g/mol. The van der Waals surface area contributed by atoms with Crippen molar-refractivity contribution in [2.45, 2.75) is 19.8 Å². The largest absolute Gasteiger partial charge is 0.506 e. The van der Waals surface area contributed by atoms with Gasteiger partial charge in [-0.1, -0.05) is 65.4 Å². The minimum atomic E-state index is -0.275. The van der Waals surface area contributed by atoms with E-state index in [4.69, 9.17) is 23.8 Å². The van der Waals surface area contributed by atoms with Crippen LogP contribution in [0.2, 0.25) is 5.02 Å². The van der Waals surface area contributed by atoms with Crippen molar-refractivity contribution in [2.24, 2.45) is 0 Å². The van der Waals surface area contributed by atoms with Gasteiger partial charge in [-0.15, -0.1) is 0 Å². The SMILES string of the molecule is Cc1ccc(/C=C2\SC(=S)N(CCCC(=O)Nc3cc(Cl)ccc3O)C2=O)cc1. The van der Waals surface area contributed by atoms with E-state index < -0.39 is 0 Å². The number of carbonyl (C=O) groups excluding carboxylic acids is 2. The zero-order valence-electron chi connectivity index (χ0n) is 15.6. The first kappa shape index (κ1) is 21.4. The molecular weight excluding hydrogens is 428 g/mol. The summed E-state index contributed by atoms with van der Waals surface area (Å²) < 4.78 is 0.487. The van der Waals surface area contributed by atoms with Gasteiger partial charge in [-0.25, -0.2) is 0 Å². The molecule has 0 atom stereocenters. The van der Waals surface area contributed by atoms with E-state index >= 15 is 0 Å². The van der Waals surface area contributed by atoms with Gasteiger partial charge in [0.1, 0.15) is 10.1 Å². The van der Waals surface area contributed by atoms with Crippen molar-refractivity contribution in [3.63, 3.8) is 0 Å². The maximum Gasteiger partial charge on any atom is 0.266 e. The van der Waals surface area contributed by atoms with Crippen LogP contribution in [0.25, 0.3) is 6.08 Å². The number of halogens is 1. The fraction of sp³-hybridized carbons (Fsp3) is 0.190. The quantitative estimate of drug-likeness (QED) is 0.372. The number of rotatable bonds is 6. The van der Waals surface area contributed by atoms with Crippen LogP contribution in [0.5, 0.6) is 5.75 Å². The highest BCUT2D eigenvalue weighted by atomic mass is 35.5. The van der Waals surface area contributed by atoms with Gasteiger partial charge < -0.3 is 10.4 Å². The first-order chi connectivity index (χ1) is 13.8. The minimum Gasteiger partial charge on any atom is -0.506 e. The molecule has 0 bridgehead atoms. The lowest BCUT2D eigenvalue weighted by atomic mass is 10.1. The van der Waals surface area contributed by atoms with Crippen LogP contribution in [0.15, 0.2) is 47.4 Å². The van der Waals surface area contributed by atoms with Crippen LogP contribution in [0.1, 0.15) is 24.0 Å². The predicted molar refractivity (Wildman–Crippen MR) is 122 cm³/mol. The van der Waals surface area contributed by atoms with E-state index in [-0.39, 0.29) is 29.7 Å². The number of thioether (sulfide) groups is 1. The Kier molecular flexibility index (Phi) is 6.95. The molecule has 1 saturated heterocycles. The van der Waals surface area contributed by atoms with Crippen LogP contribution < -0.4 is 5.32 Å². The zero-order chi connectivity index (χ0) is 21.0. The summed E-state index contributed by atoms with van der Waals surface area (Å²) in [6.45, 7) is 2.36. The number of aromatic hydroxyl groups is 1. The van der Waals surface area contributed by atoms with Gasteiger partial charge in [0.2, 0.25) is 5.91 Å². The van der Waals surface area contributed by atoms with Crippen molar-refractivity contribution < 1.29 is 14.7 Å². The first-order valence-electron chi connectivity index (χ1n) is 8.94. The number of hydrogen-bond acceptors (Lipinski definition) is 5. The van der Waals surface area contributed by atoms with Crippen molar-refractivity contribution >= 4 is 63.5 Å². The van der Waals surface area contributed by atoms with Crippen LogP contribution in [-0.4, -0.2) is 32.7 Å². The zero-order valence-corrected chi connectivity index (χ0v) is 18.0. The summed E-state index contributed by atoms with van der Waals surface area (Å²) in [5.74, 6) is -0.474. The van der Waals surface area contributed by atoms with Gasteiger partial charge in [0.25, 0.3) is 5.91 Å². The molecule has 3 rings (SSSR count). The smallest absolute Gasteiger partial charge is 0.266 e. The molecule has 2 aromatic carbocycles. The predicted octanol–water partition coefficient (Wildman–Crippen LogP) is 4.97. The van der Waals surface area contributed by atoms with Gasteiger partial charge in [-0.05, 0) is 43.2 Å². The Hall–Kier alpha value is -2.35. The summed E-state index contributed by atoms with van der Waals surface area (Å²) in [5.41, 5.74) is 2.35.